The molecule has 0 N–H and O–H groups in total. The number of carbonyl (C=O) groups is 1. The molecule has 5 nitrogen and oxygen atoms in total. The van der Waals surface area contributed by atoms with E-state index in [-0.39, 0.29) is 18.0 Å². The standard InChI is InChI=1S/C16H17N3O2/c1-18(12-6-2-3-7-12)15(20)10-19-11-17-14-9-5-4-8-13(14)16(19)21/h4-6,8-9,11H,2-3,7,10H2,1H3. The number of aromatic nitrogens is 2. The van der Waals surface area contributed by atoms with Crippen LogP contribution >= 0.6 is 0 Å². The molecule has 1 aliphatic carbocycles. The van der Waals surface area contributed by atoms with E-state index in [4.69, 9.17) is 0 Å². The van der Waals surface area contributed by atoms with Crippen LogP contribution in [0.5, 0.6) is 0 Å². The monoisotopic (exact) mass is 283 g/mol. The summed E-state index contributed by atoms with van der Waals surface area (Å²) in [5.74, 6) is -0.0951. The van der Waals surface area contributed by atoms with Gasteiger partial charge in [-0.1, -0.05) is 18.2 Å². The van der Waals surface area contributed by atoms with Gasteiger partial charge in [0.2, 0.25) is 5.91 Å². The van der Waals surface area contributed by atoms with Crippen molar-refractivity contribution in [2.75, 3.05) is 7.05 Å². The number of amides is 1. The number of hydrogen-bond acceptors (Lipinski definition) is 3. The largest absolute Gasteiger partial charge is 0.318 e. The van der Waals surface area contributed by atoms with Gasteiger partial charge in [-0.05, 0) is 31.4 Å². The molecule has 1 amide bonds. The van der Waals surface area contributed by atoms with Crippen LogP contribution in [0.4, 0.5) is 0 Å². The van der Waals surface area contributed by atoms with Crippen molar-refractivity contribution >= 4 is 16.8 Å². The second-order valence-electron chi connectivity index (χ2n) is 5.24. The van der Waals surface area contributed by atoms with Gasteiger partial charge in [-0.15, -0.1) is 0 Å². The van der Waals surface area contributed by atoms with Gasteiger partial charge in [-0.2, -0.15) is 0 Å². The molecule has 0 bridgehead atoms. The lowest BCUT2D eigenvalue weighted by Crippen LogP contribution is -2.33. The van der Waals surface area contributed by atoms with Crippen LogP contribution in [0.25, 0.3) is 10.9 Å². The van der Waals surface area contributed by atoms with Crippen LogP contribution in [0.1, 0.15) is 19.3 Å². The third kappa shape index (κ3) is 2.59. The second-order valence-corrected chi connectivity index (χ2v) is 5.24. The number of benzene rings is 1. The van der Waals surface area contributed by atoms with E-state index in [1.165, 1.54) is 10.9 Å². The molecular formula is C16H17N3O2. The van der Waals surface area contributed by atoms with Crippen molar-refractivity contribution in [1.82, 2.24) is 14.5 Å². The molecule has 5 heteroatoms. The fourth-order valence-corrected chi connectivity index (χ4v) is 2.59. The Hall–Kier alpha value is -2.43. The van der Waals surface area contributed by atoms with Crippen LogP contribution in [-0.2, 0) is 11.3 Å². The lowest BCUT2D eigenvalue weighted by atomic mass is 10.2. The summed E-state index contributed by atoms with van der Waals surface area (Å²) < 4.78 is 1.37. The van der Waals surface area contributed by atoms with Gasteiger partial charge < -0.3 is 4.90 Å². The van der Waals surface area contributed by atoms with Gasteiger partial charge >= 0.3 is 0 Å². The lowest BCUT2D eigenvalue weighted by molar-refractivity contribution is -0.128. The Kier molecular flexibility index (Phi) is 3.56. The summed E-state index contributed by atoms with van der Waals surface area (Å²) in [6, 6.07) is 7.16. The van der Waals surface area contributed by atoms with Crippen LogP contribution in [0.2, 0.25) is 0 Å². The predicted octanol–water partition coefficient (Wildman–Crippen LogP) is 1.92. The molecule has 0 radical (unpaired) electrons. The SMILES string of the molecule is CN(C(=O)Cn1cnc2ccccc2c1=O)C1=CCCC1. The van der Waals surface area contributed by atoms with Crippen LogP contribution in [0.15, 0.2) is 47.2 Å². The number of para-hydroxylation sites is 1. The first-order valence-corrected chi connectivity index (χ1v) is 7.06. The molecule has 2 aromatic rings. The van der Waals surface area contributed by atoms with Crippen molar-refractivity contribution in [2.24, 2.45) is 0 Å². The first-order chi connectivity index (χ1) is 10.2. The molecule has 1 aromatic carbocycles. The molecule has 0 saturated carbocycles. The third-order valence-corrected chi connectivity index (χ3v) is 3.86. The maximum atomic E-state index is 12.3. The van der Waals surface area contributed by atoms with Crippen molar-refractivity contribution < 1.29 is 4.79 Å². The van der Waals surface area contributed by atoms with E-state index in [2.05, 4.69) is 11.1 Å². The predicted molar refractivity (Wildman–Crippen MR) is 80.7 cm³/mol. The number of rotatable bonds is 3. The van der Waals surface area contributed by atoms with Crippen LogP contribution < -0.4 is 5.56 Å². The number of fused-ring (bicyclic) bond motifs is 1. The lowest BCUT2D eigenvalue weighted by Gasteiger charge is -2.19. The van der Waals surface area contributed by atoms with Gasteiger partial charge in [0.25, 0.3) is 5.56 Å². The highest BCUT2D eigenvalue weighted by molar-refractivity contribution is 5.79. The molecule has 1 aromatic heterocycles. The molecule has 1 heterocycles. The van der Waals surface area contributed by atoms with Crippen molar-refractivity contribution in [1.29, 1.82) is 0 Å². The van der Waals surface area contributed by atoms with Gasteiger partial charge in [0.05, 0.1) is 17.2 Å². The van der Waals surface area contributed by atoms with Crippen LogP contribution in [0.3, 0.4) is 0 Å². The Bertz CT molecular complexity index is 776. The minimum Gasteiger partial charge on any atom is -0.318 e. The summed E-state index contributed by atoms with van der Waals surface area (Å²) in [6.07, 6.45) is 6.56. The molecule has 3 rings (SSSR count). The fourth-order valence-electron chi connectivity index (χ4n) is 2.59. The fraction of sp³-hybridized carbons (Fsp3) is 0.312. The molecule has 0 fully saturated rings. The van der Waals surface area contributed by atoms with Gasteiger partial charge in [0.15, 0.2) is 0 Å². The second kappa shape index (κ2) is 5.52. The van der Waals surface area contributed by atoms with Crippen molar-refractivity contribution in [3.05, 3.63) is 52.7 Å². The number of hydrogen-bond donors (Lipinski definition) is 0. The van der Waals surface area contributed by atoms with Crippen LogP contribution in [-0.4, -0.2) is 27.4 Å². The molecule has 108 valence electrons. The van der Waals surface area contributed by atoms with Crippen LogP contribution in [0, 0.1) is 0 Å². The topological polar surface area (TPSA) is 55.2 Å². The van der Waals surface area contributed by atoms with Gasteiger partial charge in [-0.3, -0.25) is 14.2 Å². The normalized spacial score (nSPS) is 14.2. The zero-order valence-electron chi connectivity index (χ0n) is 12.0. The summed E-state index contributed by atoms with van der Waals surface area (Å²) >= 11 is 0. The average Bonchev–Trinajstić information content (AvgIpc) is 3.04. The zero-order valence-corrected chi connectivity index (χ0v) is 12.0. The Morgan fingerprint density at radius 3 is 2.95 bits per heavy atom. The zero-order chi connectivity index (χ0) is 14.8. The highest BCUT2D eigenvalue weighted by Crippen LogP contribution is 2.20. The van der Waals surface area contributed by atoms with Crippen molar-refractivity contribution in [2.45, 2.75) is 25.8 Å². The third-order valence-electron chi connectivity index (χ3n) is 3.86. The Morgan fingerprint density at radius 2 is 2.19 bits per heavy atom. The molecular weight excluding hydrogens is 266 g/mol. The quantitative estimate of drug-likeness (QED) is 0.864. The van der Waals surface area contributed by atoms with E-state index in [0.717, 1.165) is 25.0 Å². The van der Waals surface area contributed by atoms with E-state index in [0.29, 0.717) is 10.9 Å². The maximum Gasteiger partial charge on any atom is 0.261 e. The van der Waals surface area contributed by atoms with Gasteiger partial charge in [-0.25, -0.2) is 4.98 Å². The number of nitrogens with zero attached hydrogens (tertiary/aromatic N) is 3. The highest BCUT2D eigenvalue weighted by atomic mass is 16.2. The molecule has 1 aliphatic rings. The minimum atomic E-state index is -0.178. The van der Waals surface area contributed by atoms with E-state index < -0.39 is 0 Å². The Balaban J connectivity index is 1.86. The summed E-state index contributed by atoms with van der Waals surface area (Å²) in [6.45, 7) is 0.0184. The number of likely N-dealkylation sites (N-methyl/N-ethyl adjacent to an activating group) is 1. The summed E-state index contributed by atoms with van der Waals surface area (Å²) in [5, 5.41) is 0.538. The average molecular weight is 283 g/mol. The van der Waals surface area contributed by atoms with Crippen molar-refractivity contribution in [3.63, 3.8) is 0 Å². The smallest absolute Gasteiger partial charge is 0.261 e. The molecule has 0 unspecified atom stereocenters. The van der Waals surface area contributed by atoms with E-state index in [1.807, 2.05) is 6.07 Å². The molecule has 0 saturated heterocycles. The summed E-state index contributed by atoms with van der Waals surface area (Å²) in [4.78, 5) is 30.5. The molecule has 0 aliphatic heterocycles. The highest BCUT2D eigenvalue weighted by Gasteiger charge is 2.17. The first-order valence-electron chi connectivity index (χ1n) is 7.06. The number of carbonyl (C=O) groups excluding carboxylic acids is 1. The summed E-state index contributed by atoms with van der Waals surface area (Å²) in [7, 11) is 1.76. The first kappa shape index (κ1) is 13.5. The Labute approximate surface area is 122 Å². The van der Waals surface area contributed by atoms with E-state index in [1.54, 1.807) is 30.1 Å². The molecule has 0 atom stereocenters. The molecule has 0 spiro atoms. The van der Waals surface area contributed by atoms with Gasteiger partial charge in [0, 0.05) is 12.7 Å². The molecule has 21 heavy (non-hydrogen) atoms. The van der Waals surface area contributed by atoms with Crippen molar-refractivity contribution in [3.8, 4) is 0 Å². The summed E-state index contributed by atoms with van der Waals surface area (Å²) in [5.41, 5.74) is 1.52. The van der Waals surface area contributed by atoms with E-state index in [9.17, 15) is 9.59 Å². The maximum absolute atomic E-state index is 12.3. The number of allylic oxidation sites excluding steroid dienone is 2. The minimum absolute atomic E-state index is 0.0184. The van der Waals surface area contributed by atoms with E-state index >= 15 is 0 Å². The van der Waals surface area contributed by atoms with Gasteiger partial charge in [0.1, 0.15) is 6.54 Å². The Morgan fingerprint density at radius 1 is 1.38 bits per heavy atom.